The second-order valence-electron chi connectivity index (χ2n) is 8.60. The van der Waals surface area contributed by atoms with Gasteiger partial charge in [-0.05, 0) is 66.7 Å². The molecule has 206 valence electrons. The summed E-state index contributed by atoms with van der Waals surface area (Å²) >= 11 is 1.25. The average molecular weight is 570 g/mol. The molecule has 0 aliphatic heterocycles. The van der Waals surface area contributed by atoms with E-state index in [9.17, 15) is 23.6 Å². The van der Waals surface area contributed by atoms with Crippen molar-refractivity contribution in [1.82, 2.24) is 5.32 Å². The number of carbonyl (C=O) groups excluding carboxylic acids is 3. The summed E-state index contributed by atoms with van der Waals surface area (Å²) in [6.45, 7) is 0. The van der Waals surface area contributed by atoms with Gasteiger partial charge in [0.05, 0.1) is 11.3 Å². The third-order valence-electron chi connectivity index (χ3n) is 5.61. The molecule has 0 fully saturated rings. The van der Waals surface area contributed by atoms with E-state index in [0.29, 0.717) is 16.9 Å². The van der Waals surface area contributed by atoms with Crippen LogP contribution in [0, 0.1) is 5.82 Å². The second-order valence-corrected chi connectivity index (χ2v) is 9.65. The first-order valence-corrected chi connectivity index (χ1v) is 13.3. The van der Waals surface area contributed by atoms with Crippen LogP contribution in [0.3, 0.4) is 0 Å². The highest BCUT2D eigenvalue weighted by molar-refractivity contribution is 8.00. The lowest BCUT2D eigenvalue weighted by atomic mass is 10.1. The Morgan fingerprint density at radius 2 is 1.44 bits per heavy atom. The van der Waals surface area contributed by atoms with Crippen LogP contribution in [0.15, 0.2) is 114 Å². The first-order valence-electron chi connectivity index (χ1n) is 12.3. The number of rotatable bonds is 10. The molecule has 0 bridgehead atoms. The fraction of sp³-hybridized carbons (Fsp3) is 0.0323. The topological polar surface area (TPSA) is 125 Å². The zero-order valence-corrected chi connectivity index (χ0v) is 22.3. The first kappa shape index (κ1) is 28.8. The van der Waals surface area contributed by atoms with Gasteiger partial charge in [-0.3, -0.25) is 14.4 Å². The van der Waals surface area contributed by atoms with Gasteiger partial charge in [0.25, 0.3) is 11.8 Å². The fourth-order valence-corrected chi connectivity index (χ4v) is 4.30. The molecular formula is C31H24FN3O5S. The number of halogens is 1. The van der Waals surface area contributed by atoms with E-state index < -0.39 is 23.6 Å². The lowest BCUT2D eigenvalue weighted by Gasteiger charge is -2.12. The molecule has 4 aromatic carbocycles. The maximum absolute atomic E-state index is 14.3. The molecule has 10 heteroatoms. The number of carbonyl (C=O) groups is 4. The molecule has 0 spiro atoms. The van der Waals surface area contributed by atoms with E-state index in [1.165, 1.54) is 48.2 Å². The molecular weight excluding hydrogens is 545 g/mol. The second kappa shape index (κ2) is 13.7. The molecule has 0 aromatic heterocycles. The van der Waals surface area contributed by atoms with Gasteiger partial charge in [0.2, 0.25) is 5.91 Å². The lowest BCUT2D eigenvalue weighted by Crippen LogP contribution is -2.30. The molecule has 0 saturated carbocycles. The predicted molar refractivity (Wildman–Crippen MR) is 156 cm³/mol. The summed E-state index contributed by atoms with van der Waals surface area (Å²) in [5.74, 6) is -3.05. The minimum absolute atomic E-state index is 0.0691. The molecule has 0 unspecified atom stereocenters. The van der Waals surface area contributed by atoms with Crippen molar-refractivity contribution in [2.24, 2.45) is 0 Å². The van der Waals surface area contributed by atoms with E-state index in [1.54, 1.807) is 72.8 Å². The summed E-state index contributed by atoms with van der Waals surface area (Å²) in [7, 11) is 0. The van der Waals surface area contributed by atoms with Crippen LogP contribution >= 0.6 is 11.8 Å². The molecule has 0 atom stereocenters. The van der Waals surface area contributed by atoms with Crippen molar-refractivity contribution in [2.75, 3.05) is 16.4 Å². The number of anilines is 2. The Hall–Kier alpha value is -5.22. The largest absolute Gasteiger partial charge is 0.478 e. The van der Waals surface area contributed by atoms with Gasteiger partial charge in [-0.25, -0.2) is 9.18 Å². The molecule has 3 amide bonds. The van der Waals surface area contributed by atoms with Crippen LogP contribution in [0.1, 0.15) is 26.3 Å². The molecule has 0 saturated heterocycles. The van der Waals surface area contributed by atoms with Crippen molar-refractivity contribution in [3.63, 3.8) is 0 Å². The summed E-state index contributed by atoms with van der Waals surface area (Å²) < 4.78 is 14.3. The molecule has 41 heavy (non-hydrogen) atoms. The smallest absolute Gasteiger partial charge is 0.335 e. The standard InChI is InChI=1S/C31H24FN3O5S/c32-26-12-5-4-9-21(26)18-27(35-29(37)20-7-2-1-3-8-20)30(38)34-23-13-15-25(16-14-23)41-19-28(36)33-24-11-6-10-22(17-24)31(39)40/h1-18H,19H2,(H,33,36)(H,34,38)(H,35,37)(H,39,40)/b27-18-. The SMILES string of the molecule is O=C(CSc1ccc(NC(=O)/C(=C/c2ccccc2F)NC(=O)c2ccccc2)cc1)Nc1cccc(C(=O)O)c1. The summed E-state index contributed by atoms with van der Waals surface area (Å²) in [5, 5.41) is 17.0. The Balaban J connectivity index is 1.40. The fourth-order valence-electron chi connectivity index (χ4n) is 3.60. The van der Waals surface area contributed by atoms with Gasteiger partial charge in [0.15, 0.2) is 0 Å². The van der Waals surface area contributed by atoms with E-state index in [-0.39, 0.29) is 28.5 Å². The van der Waals surface area contributed by atoms with Crippen LogP contribution in [0.25, 0.3) is 6.08 Å². The molecule has 0 heterocycles. The van der Waals surface area contributed by atoms with Crippen molar-refractivity contribution in [3.8, 4) is 0 Å². The number of carboxylic acid groups (broad SMARTS) is 1. The number of hydrogen-bond acceptors (Lipinski definition) is 5. The van der Waals surface area contributed by atoms with Gasteiger partial charge >= 0.3 is 5.97 Å². The van der Waals surface area contributed by atoms with E-state index in [4.69, 9.17) is 5.11 Å². The lowest BCUT2D eigenvalue weighted by molar-refractivity contribution is -0.114. The van der Waals surface area contributed by atoms with E-state index in [2.05, 4.69) is 16.0 Å². The summed E-state index contributed by atoms with van der Waals surface area (Å²) in [6.07, 6.45) is 1.26. The molecule has 8 nitrogen and oxygen atoms in total. The normalized spacial score (nSPS) is 10.9. The van der Waals surface area contributed by atoms with Gasteiger partial charge in [0.1, 0.15) is 11.5 Å². The van der Waals surface area contributed by atoms with Crippen LogP contribution in [-0.2, 0) is 9.59 Å². The summed E-state index contributed by atoms with van der Waals surface area (Å²) in [5.41, 5.74) is 1.19. The first-order chi connectivity index (χ1) is 19.8. The van der Waals surface area contributed by atoms with Gasteiger partial charge < -0.3 is 21.1 Å². The number of hydrogen-bond donors (Lipinski definition) is 4. The van der Waals surface area contributed by atoms with Crippen molar-refractivity contribution in [1.29, 1.82) is 0 Å². The molecule has 0 aliphatic rings. The highest BCUT2D eigenvalue weighted by Gasteiger charge is 2.16. The monoisotopic (exact) mass is 569 g/mol. The summed E-state index contributed by atoms with van der Waals surface area (Å²) in [4.78, 5) is 50.0. The molecule has 0 radical (unpaired) electrons. The van der Waals surface area contributed by atoms with Crippen molar-refractivity contribution in [2.45, 2.75) is 4.90 Å². The Kier molecular flexibility index (Phi) is 9.63. The number of amides is 3. The van der Waals surface area contributed by atoms with Crippen LogP contribution in [0.2, 0.25) is 0 Å². The molecule has 4 N–H and O–H groups in total. The minimum Gasteiger partial charge on any atom is -0.478 e. The predicted octanol–water partition coefficient (Wildman–Crippen LogP) is 5.66. The van der Waals surface area contributed by atoms with Gasteiger partial charge in [-0.15, -0.1) is 11.8 Å². The van der Waals surface area contributed by atoms with Crippen LogP contribution in [0.4, 0.5) is 15.8 Å². The Morgan fingerprint density at radius 1 is 0.756 bits per heavy atom. The van der Waals surface area contributed by atoms with Crippen molar-refractivity contribution < 1.29 is 28.7 Å². The molecule has 4 aromatic rings. The number of thioether (sulfide) groups is 1. The van der Waals surface area contributed by atoms with E-state index >= 15 is 0 Å². The maximum Gasteiger partial charge on any atom is 0.335 e. The van der Waals surface area contributed by atoms with Crippen molar-refractivity contribution >= 4 is 52.9 Å². The highest BCUT2D eigenvalue weighted by atomic mass is 32.2. The third-order valence-corrected chi connectivity index (χ3v) is 6.62. The Labute approximate surface area is 239 Å². The highest BCUT2D eigenvalue weighted by Crippen LogP contribution is 2.22. The number of benzene rings is 4. The van der Waals surface area contributed by atoms with Crippen LogP contribution < -0.4 is 16.0 Å². The number of aromatic carboxylic acids is 1. The molecule has 0 aliphatic carbocycles. The quantitative estimate of drug-likeness (QED) is 0.144. The van der Waals surface area contributed by atoms with Gasteiger partial charge in [-0.1, -0.05) is 42.5 Å². The average Bonchev–Trinajstić information content (AvgIpc) is 2.98. The zero-order chi connectivity index (χ0) is 29.2. The number of nitrogens with one attached hydrogen (secondary N) is 3. The Morgan fingerprint density at radius 3 is 2.15 bits per heavy atom. The number of carboxylic acids is 1. The van der Waals surface area contributed by atoms with E-state index in [1.807, 2.05) is 0 Å². The van der Waals surface area contributed by atoms with Crippen LogP contribution in [-0.4, -0.2) is 34.6 Å². The summed E-state index contributed by atoms with van der Waals surface area (Å²) in [6, 6.07) is 26.9. The van der Waals surface area contributed by atoms with Gasteiger partial charge in [-0.2, -0.15) is 0 Å². The van der Waals surface area contributed by atoms with Crippen molar-refractivity contribution in [3.05, 3.63) is 131 Å². The van der Waals surface area contributed by atoms with E-state index in [0.717, 1.165) is 4.90 Å². The Bertz CT molecular complexity index is 1610. The molecule has 4 rings (SSSR count). The van der Waals surface area contributed by atoms with Gasteiger partial charge in [0, 0.05) is 27.4 Å². The third kappa shape index (κ3) is 8.38. The van der Waals surface area contributed by atoms with Crippen LogP contribution in [0.5, 0.6) is 0 Å². The minimum atomic E-state index is -1.09. The maximum atomic E-state index is 14.3. The zero-order valence-electron chi connectivity index (χ0n) is 21.5.